The van der Waals surface area contributed by atoms with Gasteiger partial charge in [-0.1, -0.05) is 12.1 Å². The first-order valence-electron chi connectivity index (χ1n) is 4.48. The molecule has 0 saturated carbocycles. The Kier molecular flexibility index (Phi) is 1.83. The van der Waals surface area contributed by atoms with Crippen molar-refractivity contribution in [1.82, 2.24) is 4.98 Å². The number of nitrogens with zero attached hydrogens (tertiary/aromatic N) is 1. The summed E-state index contributed by atoms with van der Waals surface area (Å²) in [6.07, 6.45) is 6.88. The minimum atomic E-state index is -0.237. The molecular formula is C11H13NO. The molecule has 2 heterocycles. The van der Waals surface area contributed by atoms with Gasteiger partial charge in [0.25, 0.3) is 0 Å². The maximum atomic E-state index is 5.75. The van der Waals surface area contributed by atoms with E-state index in [1.807, 2.05) is 26.0 Å². The largest absolute Gasteiger partial charge is 0.467 e. The number of aromatic nitrogens is 1. The highest BCUT2D eigenvalue weighted by Gasteiger charge is 2.20. The monoisotopic (exact) mass is 175 g/mol. The fourth-order valence-corrected chi connectivity index (χ4v) is 1.42. The number of ether oxygens (including phenoxy) is 1. The highest BCUT2D eigenvalue weighted by atomic mass is 16.5. The number of allylic oxidation sites excluding steroid dienone is 1. The van der Waals surface area contributed by atoms with E-state index < -0.39 is 0 Å². The second kappa shape index (κ2) is 2.87. The molecule has 1 aliphatic rings. The van der Waals surface area contributed by atoms with Gasteiger partial charge in [0.2, 0.25) is 5.88 Å². The second-order valence-electron chi connectivity index (χ2n) is 3.78. The van der Waals surface area contributed by atoms with Gasteiger partial charge in [0.15, 0.2) is 0 Å². The lowest BCUT2D eigenvalue weighted by atomic mass is 10.1. The lowest BCUT2D eigenvalue weighted by Gasteiger charge is -2.20. The van der Waals surface area contributed by atoms with Gasteiger partial charge in [0.1, 0.15) is 5.60 Å². The predicted molar refractivity (Wildman–Crippen MR) is 51.8 cm³/mol. The Morgan fingerprint density at radius 2 is 2.31 bits per heavy atom. The number of fused-ring (bicyclic) bond motifs is 1. The summed E-state index contributed by atoms with van der Waals surface area (Å²) in [5, 5.41) is 0. The summed E-state index contributed by atoms with van der Waals surface area (Å²) >= 11 is 0. The molecule has 1 aliphatic heterocycles. The number of hydrogen-bond donors (Lipinski definition) is 0. The molecule has 1 aromatic heterocycles. The third-order valence-electron chi connectivity index (χ3n) is 2.07. The van der Waals surface area contributed by atoms with Crippen LogP contribution in [0.5, 0.6) is 5.88 Å². The molecule has 0 fully saturated rings. The molecule has 13 heavy (non-hydrogen) atoms. The lowest BCUT2D eigenvalue weighted by Crippen LogP contribution is -2.25. The van der Waals surface area contributed by atoms with Crippen LogP contribution in [0, 0.1) is 0 Å². The summed E-state index contributed by atoms with van der Waals surface area (Å²) in [6.45, 7) is 4.07. The van der Waals surface area contributed by atoms with Crippen LogP contribution in [0.4, 0.5) is 0 Å². The molecule has 0 saturated heterocycles. The molecule has 2 rings (SSSR count). The van der Waals surface area contributed by atoms with Crippen LogP contribution < -0.4 is 4.74 Å². The fourth-order valence-electron chi connectivity index (χ4n) is 1.42. The van der Waals surface area contributed by atoms with Gasteiger partial charge in [0, 0.05) is 11.8 Å². The maximum absolute atomic E-state index is 5.75. The van der Waals surface area contributed by atoms with Crippen molar-refractivity contribution >= 4 is 0 Å². The van der Waals surface area contributed by atoms with Crippen molar-refractivity contribution in [2.75, 3.05) is 0 Å². The van der Waals surface area contributed by atoms with Crippen LogP contribution in [0.3, 0.4) is 0 Å². The number of pyridine rings is 1. The quantitative estimate of drug-likeness (QED) is 0.565. The van der Waals surface area contributed by atoms with Gasteiger partial charge in [-0.3, -0.25) is 0 Å². The summed E-state index contributed by atoms with van der Waals surface area (Å²) < 4.78 is 5.75. The Hall–Kier alpha value is -1.31. The Balaban J connectivity index is 2.41. The summed E-state index contributed by atoms with van der Waals surface area (Å²) in [5.41, 5.74) is 0.920. The van der Waals surface area contributed by atoms with E-state index in [1.54, 1.807) is 6.20 Å². The molecule has 0 radical (unpaired) electrons. The highest BCUT2D eigenvalue weighted by molar-refractivity contribution is 5.30. The minimum absolute atomic E-state index is 0.237. The van der Waals surface area contributed by atoms with E-state index >= 15 is 0 Å². The van der Waals surface area contributed by atoms with Crippen LogP contribution in [-0.4, -0.2) is 10.6 Å². The first-order valence-corrected chi connectivity index (χ1v) is 4.48. The second-order valence-corrected chi connectivity index (χ2v) is 3.78. The molecule has 0 spiro atoms. The van der Waals surface area contributed by atoms with Gasteiger partial charge in [-0.25, -0.2) is 4.98 Å². The summed E-state index contributed by atoms with van der Waals surface area (Å²) in [4.78, 5) is 4.21. The van der Waals surface area contributed by atoms with Crippen molar-refractivity contribution in [3.05, 3.63) is 36.0 Å². The van der Waals surface area contributed by atoms with Gasteiger partial charge >= 0.3 is 0 Å². The minimum Gasteiger partial charge on any atom is -0.467 e. The van der Waals surface area contributed by atoms with Gasteiger partial charge in [-0.05, 0) is 32.4 Å². The number of hydrogen-bond acceptors (Lipinski definition) is 2. The smallest absolute Gasteiger partial charge is 0.217 e. The van der Waals surface area contributed by atoms with Crippen molar-refractivity contribution in [2.45, 2.75) is 25.9 Å². The van der Waals surface area contributed by atoms with E-state index in [2.05, 4.69) is 17.1 Å². The Bertz CT molecular complexity index is 342. The van der Waals surface area contributed by atoms with Gasteiger partial charge < -0.3 is 4.74 Å². The maximum Gasteiger partial charge on any atom is 0.217 e. The van der Waals surface area contributed by atoms with E-state index in [-0.39, 0.29) is 5.60 Å². The Morgan fingerprint density at radius 3 is 3.15 bits per heavy atom. The molecule has 2 nitrogen and oxygen atoms in total. The van der Waals surface area contributed by atoms with Crippen LogP contribution >= 0.6 is 0 Å². The number of rotatable bonds is 0. The van der Waals surface area contributed by atoms with E-state index in [1.165, 1.54) is 0 Å². The highest BCUT2D eigenvalue weighted by Crippen LogP contribution is 2.25. The van der Waals surface area contributed by atoms with E-state index in [0.29, 0.717) is 0 Å². The Morgan fingerprint density at radius 1 is 1.46 bits per heavy atom. The van der Waals surface area contributed by atoms with Crippen molar-refractivity contribution < 1.29 is 4.74 Å². The predicted octanol–water partition coefficient (Wildman–Crippen LogP) is 2.35. The van der Waals surface area contributed by atoms with Gasteiger partial charge in [-0.2, -0.15) is 0 Å². The first-order chi connectivity index (χ1) is 6.17. The van der Waals surface area contributed by atoms with E-state index in [0.717, 1.165) is 17.9 Å². The summed E-state index contributed by atoms with van der Waals surface area (Å²) in [5.74, 6) is 0.762. The molecule has 0 bridgehead atoms. The van der Waals surface area contributed by atoms with Crippen LogP contribution in [-0.2, 0) is 6.42 Å². The lowest BCUT2D eigenvalue weighted by molar-refractivity contribution is 0.155. The summed E-state index contributed by atoms with van der Waals surface area (Å²) in [6, 6.07) is 3.99. The first kappa shape index (κ1) is 8.30. The molecule has 0 aliphatic carbocycles. The molecule has 0 atom stereocenters. The third kappa shape index (κ3) is 1.72. The van der Waals surface area contributed by atoms with Crippen molar-refractivity contribution in [3.63, 3.8) is 0 Å². The molecule has 0 unspecified atom stereocenters. The van der Waals surface area contributed by atoms with Crippen LogP contribution in [0.1, 0.15) is 19.4 Å². The molecule has 0 amide bonds. The molecule has 0 N–H and O–H groups in total. The average Bonchev–Trinajstić information content (AvgIpc) is 2.21. The zero-order chi connectivity index (χ0) is 9.31. The molecule has 68 valence electrons. The van der Waals surface area contributed by atoms with Crippen LogP contribution in [0.25, 0.3) is 0 Å². The standard InChI is InChI=1S/C11H13NO/c1-11(2)7-3-5-9-6-4-8-12-10(9)13-11/h3-4,6-8H,5H2,1-2H3. The zero-order valence-electron chi connectivity index (χ0n) is 7.95. The molecule has 1 aromatic rings. The Labute approximate surface area is 78.3 Å². The SMILES string of the molecule is CC1(C)C=CCc2cccnc2O1. The topological polar surface area (TPSA) is 22.1 Å². The molecule has 2 heteroatoms. The zero-order valence-corrected chi connectivity index (χ0v) is 7.95. The van der Waals surface area contributed by atoms with Crippen molar-refractivity contribution in [2.24, 2.45) is 0 Å². The van der Waals surface area contributed by atoms with Crippen molar-refractivity contribution in [1.29, 1.82) is 0 Å². The van der Waals surface area contributed by atoms with Crippen LogP contribution in [0.15, 0.2) is 30.5 Å². The normalized spacial score (nSPS) is 18.6. The fraction of sp³-hybridized carbons (Fsp3) is 0.364. The van der Waals surface area contributed by atoms with Gasteiger partial charge in [0.05, 0.1) is 0 Å². The molecule has 0 aromatic carbocycles. The van der Waals surface area contributed by atoms with E-state index in [9.17, 15) is 0 Å². The van der Waals surface area contributed by atoms with E-state index in [4.69, 9.17) is 4.74 Å². The van der Waals surface area contributed by atoms with Crippen molar-refractivity contribution in [3.8, 4) is 5.88 Å². The van der Waals surface area contributed by atoms with Crippen LogP contribution in [0.2, 0.25) is 0 Å². The molecular weight excluding hydrogens is 162 g/mol. The van der Waals surface area contributed by atoms with Gasteiger partial charge in [-0.15, -0.1) is 0 Å². The average molecular weight is 175 g/mol. The summed E-state index contributed by atoms with van der Waals surface area (Å²) in [7, 11) is 0. The third-order valence-corrected chi connectivity index (χ3v) is 2.07.